The first kappa shape index (κ1) is 7.05. The van der Waals surface area contributed by atoms with Crippen LogP contribution in [-0.2, 0) is 4.79 Å². The van der Waals surface area contributed by atoms with Gasteiger partial charge in [-0.25, -0.2) is 0 Å². The van der Waals surface area contributed by atoms with E-state index in [9.17, 15) is 4.79 Å². The number of nitrogens with zero attached hydrogens (tertiary/aromatic N) is 1. The maximum absolute atomic E-state index is 10.8. The third-order valence-corrected chi connectivity index (χ3v) is 1.67. The summed E-state index contributed by atoms with van der Waals surface area (Å²) in [6.45, 7) is 0.901. The number of hydrogen-bond donors (Lipinski definition) is 0. The van der Waals surface area contributed by atoms with Crippen molar-refractivity contribution in [1.29, 1.82) is 0 Å². The van der Waals surface area contributed by atoms with Crippen molar-refractivity contribution in [3.8, 4) is 0 Å². The number of carbonyl (C=O) groups excluding carboxylic acids is 1. The highest BCUT2D eigenvalue weighted by atomic mass is 127. The molecular formula is C6H8INO. The minimum Gasteiger partial charge on any atom is -0.319 e. The predicted molar refractivity (Wildman–Crippen MR) is 44.1 cm³/mol. The largest absolute Gasteiger partial charge is 0.319 e. The Kier molecular flexibility index (Phi) is 2.50. The van der Waals surface area contributed by atoms with E-state index in [0.29, 0.717) is 0 Å². The van der Waals surface area contributed by atoms with Crippen LogP contribution in [0.1, 0.15) is 12.8 Å². The van der Waals surface area contributed by atoms with Crippen LogP contribution in [-0.4, -0.2) is 17.4 Å². The fourth-order valence-electron chi connectivity index (χ4n) is 0.895. The van der Waals surface area contributed by atoms with Crippen molar-refractivity contribution in [3.05, 3.63) is 10.3 Å². The Balaban J connectivity index is 2.49. The van der Waals surface area contributed by atoms with E-state index in [-0.39, 0.29) is 5.91 Å². The Morgan fingerprint density at radius 3 is 2.89 bits per heavy atom. The zero-order chi connectivity index (χ0) is 6.69. The number of halogens is 1. The average molecular weight is 237 g/mol. The summed E-state index contributed by atoms with van der Waals surface area (Å²) < 4.78 is 1.86. The molecule has 9 heavy (non-hydrogen) atoms. The Morgan fingerprint density at radius 1 is 1.67 bits per heavy atom. The standard InChI is InChI=1S/C6H8INO/c7-3-5-8-4-1-2-6(8)9/h3,5H,1-2,4H2/b5-3-. The second-order valence-electron chi connectivity index (χ2n) is 1.97. The van der Waals surface area contributed by atoms with Crippen molar-refractivity contribution in [2.75, 3.05) is 6.54 Å². The van der Waals surface area contributed by atoms with E-state index in [2.05, 4.69) is 22.6 Å². The Hall–Kier alpha value is -0.0600. The third-order valence-electron chi connectivity index (χ3n) is 1.35. The van der Waals surface area contributed by atoms with Gasteiger partial charge in [0.15, 0.2) is 0 Å². The monoisotopic (exact) mass is 237 g/mol. The topological polar surface area (TPSA) is 20.3 Å². The molecule has 1 aliphatic rings. The molecule has 0 aromatic carbocycles. The van der Waals surface area contributed by atoms with Crippen molar-refractivity contribution in [1.82, 2.24) is 4.90 Å². The molecule has 3 heteroatoms. The van der Waals surface area contributed by atoms with Gasteiger partial charge in [-0.2, -0.15) is 0 Å². The summed E-state index contributed by atoms with van der Waals surface area (Å²) >= 11 is 2.11. The minimum absolute atomic E-state index is 0.253. The fourth-order valence-corrected chi connectivity index (χ4v) is 1.28. The van der Waals surface area contributed by atoms with E-state index < -0.39 is 0 Å². The lowest BCUT2D eigenvalue weighted by atomic mass is 10.4. The second kappa shape index (κ2) is 3.20. The average Bonchev–Trinajstić information content (AvgIpc) is 2.18. The highest BCUT2D eigenvalue weighted by Crippen LogP contribution is 2.09. The first-order chi connectivity index (χ1) is 4.34. The smallest absolute Gasteiger partial charge is 0.226 e. The quantitative estimate of drug-likeness (QED) is 0.633. The summed E-state index contributed by atoms with van der Waals surface area (Å²) in [7, 11) is 0. The molecule has 2 nitrogen and oxygen atoms in total. The molecule has 1 rings (SSSR count). The highest BCUT2D eigenvalue weighted by Gasteiger charge is 2.16. The van der Waals surface area contributed by atoms with Crippen LogP contribution in [0, 0.1) is 0 Å². The summed E-state index contributed by atoms with van der Waals surface area (Å²) in [5, 5.41) is 0. The van der Waals surface area contributed by atoms with Gasteiger partial charge in [0, 0.05) is 19.2 Å². The van der Waals surface area contributed by atoms with Crippen LogP contribution in [0.15, 0.2) is 10.3 Å². The van der Waals surface area contributed by atoms with Gasteiger partial charge in [0.2, 0.25) is 5.91 Å². The molecule has 1 saturated heterocycles. The maximum atomic E-state index is 10.8. The number of rotatable bonds is 1. The summed E-state index contributed by atoms with van der Waals surface area (Å²) in [5.74, 6) is 0.253. The van der Waals surface area contributed by atoms with Crippen molar-refractivity contribution in [2.45, 2.75) is 12.8 Å². The van der Waals surface area contributed by atoms with Crippen molar-refractivity contribution in [3.63, 3.8) is 0 Å². The molecule has 0 spiro atoms. The maximum Gasteiger partial charge on any atom is 0.226 e. The lowest BCUT2D eigenvalue weighted by Gasteiger charge is -2.06. The van der Waals surface area contributed by atoms with Gasteiger partial charge >= 0.3 is 0 Å². The van der Waals surface area contributed by atoms with Crippen molar-refractivity contribution < 1.29 is 4.79 Å². The summed E-state index contributed by atoms with van der Waals surface area (Å²) in [4.78, 5) is 12.6. The number of likely N-dealkylation sites (tertiary alicyclic amines) is 1. The van der Waals surface area contributed by atoms with Gasteiger partial charge in [-0.05, 0) is 10.5 Å². The van der Waals surface area contributed by atoms with Gasteiger partial charge in [-0.1, -0.05) is 22.6 Å². The molecule has 0 aromatic heterocycles. The molecule has 1 amide bonds. The summed E-state index contributed by atoms with van der Waals surface area (Å²) in [6, 6.07) is 0. The van der Waals surface area contributed by atoms with Gasteiger partial charge in [0.25, 0.3) is 0 Å². The minimum atomic E-state index is 0.253. The number of hydrogen-bond acceptors (Lipinski definition) is 1. The first-order valence-corrected chi connectivity index (χ1v) is 4.15. The van der Waals surface area contributed by atoms with Crippen LogP contribution in [0.25, 0.3) is 0 Å². The van der Waals surface area contributed by atoms with Crippen LogP contribution in [0.4, 0.5) is 0 Å². The molecule has 0 radical (unpaired) electrons. The van der Waals surface area contributed by atoms with Crippen LogP contribution in [0.5, 0.6) is 0 Å². The molecule has 1 aliphatic heterocycles. The Bertz CT molecular complexity index is 144. The van der Waals surface area contributed by atoms with Crippen LogP contribution in [0.3, 0.4) is 0 Å². The summed E-state index contributed by atoms with van der Waals surface area (Å²) in [5.41, 5.74) is 0. The predicted octanol–water partition coefficient (Wildman–Crippen LogP) is 1.52. The molecule has 0 saturated carbocycles. The Labute approximate surface area is 68.1 Å². The molecule has 1 heterocycles. The molecular weight excluding hydrogens is 229 g/mol. The molecule has 1 fully saturated rings. The normalized spacial score (nSPS) is 20.1. The van der Waals surface area contributed by atoms with E-state index in [1.807, 2.05) is 10.3 Å². The number of amides is 1. The van der Waals surface area contributed by atoms with Crippen LogP contribution in [0.2, 0.25) is 0 Å². The molecule has 0 atom stereocenters. The lowest BCUT2D eigenvalue weighted by molar-refractivity contribution is -0.125. The molecule has 0 unspecified atom stereocenters. The van der Waals surface area contributed by atoms with Gasteiger partial charge in [-0.3, -0.25) is 4.79 Å². The van der Waals surface area contributed by atoms with E-state index in [1.54, 1.807) is 4.90 Å². The van der Waals surface area contributed by atoms with E-state index >= 15 is 0 Å². The molecule has 0 N–H and O–H groups in total. The summed E-state index contributed by atoms with van der Waals surface area (Å²) in [6.07, 6.45) is 3.57. The lowest BCUT2D eigenvalue weighted by Crippen LogP contribution is -2.16. The molecule has 50 valence electrons. The second-order valence-corrected chi connectivity index (χ2v) is 2.68. The first-order valence-electron chi connectivity index (χ1n) is 2.91. The van der Waals surface area contributed by atoms with Gasteiger partial charge < -0.3 is 4.90 Å². The van der Waals surface area contributed by atoms with E-state index in [0.717, 1.165) is 19.4 Å². The van der Waals surface area contributed by atoms with Crippen LogP contribution >= 0.6 is 22.6 Å². The highest BCUT2D eigenvalue weighted by molar-refractivity contribution is 14.1. The molecule has 0 aromatic rings. The van der Waals surface area contributed by atoms with E-state index in [1.165, 1.54) is 0 Å². The molecule has 0 bridgehead atoms. The van der Waals surface area contributed by atoms with Crippen molar-refractivity contribution >= 4 is 28.5 Å². The number of carbonyl (C=O) groups is 1. The third kappa shape index (κ3) is 1.67. The molecule has 0 aliphatic carbocycles. The Morgan fingerprint density at radius 2 is 2.44 bits per heavy atom. The van der Waals surface area contributed by atoms with Crippen molar-refractivity contribution in [2.24, 2.45) is 0 Å². The fraction of sp³-hybridized carbons (Fsp3) is 0.500. The SMILES string of the molecule is O=C1CCCN1/C=C\I. The van der Waals surface area contributed by atoms with Crippen LogP contribution < -0.4 is 0 Å². The zero-order valence-electron chi connectivity index (χ0n) is 5.01. The van der Waals surface area contributed by atoms with Gasteiger partial charge in [-0.15, -0.1) is 0 Å². The van der Waals surface area contributed by atoms with Gasteiger partial charge in [0.1, 0.15) is 0 Å². The van der Waals surface area contributed by atoms with Gasteiger partial charge in [0.05, 0.1) is 0 Å². The zero-order valence-corrected chi connectivity index (χ0v) is 7.17. The van der Waals surface area contributed by atoms with E-state index in [4.69, 9.17) is 0 Å².